The first kappa shape index (κ1) is 37.9. The van der Waals surface area contributed by atoms with Crippen molar-refractivity contribution in [2.24, 2.45) is 11.8 Å². The highest BCUT2D eigenvalue weighted by atomic mass is 32.2. The van der Waals surface area contributed by atoms with Crippen molar-refractivity contribution in [2.75, 3.05) is 39.3 Å². The first-order valence-electron chi connectivity index (χ1n) is 18.1. The smallest absolute Gasteiger partial charge is 0.264 e. The van der Waals surface area contributed by atoms with Gasteiger partial charge in [-0.3, -0.25) is 18.6 Å². The number of rotatable bonds is 7. The van der Waals surface area contributed by atoms with Gasteiger partial charge in [0.1, 0.15) is 0 Å². The number of hydrogen-bond donors (Lipinski definition) is 1. The van der Waals surface area contributed by atoms with Crippen LogP contribution in [0.4, 0.5) is 0 Å². The molecule has 3 aromatic carbocycles. The van der Waals surface area contributed by atoms with Crippen molar-refractivity contribution in [1.82, 2.24) is 14.7 Å². The zero-order valence-electron chi connectivity index (χ0n) is 30.0. The van der Waals surface area contributed by atoms with Crippen molar-refractivity contribution in [3.63, 3.8) is 0 Å². The normalized spacial score (nSPS) is 29.8. The molecule has 6 aliphatic rings. The lowest BCUT2D eigenvalue weighted by Gasteiger charge is -2.23. The van der Waals surface area contributed by atoms with Crippen LogP contribution in [0, 0.1) is 11.8 Å². The maximum Gasteiger partial charge on any atom is 0.264 e. The van der Waals surface area contributed by atoms with Crippen LogP contribution in [-0.4, -0.2) is 103 Å². The molecular weight excluding hydrogens is 715 g/mol. The molecule has 1 N–H and O–H groups in total. The van der Waals surface area contributed by atoms with Crippen molar-refractivity contribution in [2.45, 2.75) is 56.1 Å². The van der Waals surface area contributed by atoms with E-state index in [9.17, 15) is 22.8 Å². The zero-order chi connectivity index (χ0) is 38.0. The first-order chi connectivity index (χ1) is 26.0. The molecule has 8 atom stereocenters. The fraction of sp³-hybridized carbons (Fsp3) is 0.425. The lowest BCUT2D eigenvalue weighted by atomic mass is 10.1. The number of fused-ring (bicyclic) bond motifs is 3. The summed E-state index contributed by atoms with van der Waals surface area (Å²) in [5, 5.41) is 9.16. The molecule has 6 fully saturated rings. The minimum Gasteiger partial charge on any atom is -0.396 e. The summed E-state index contributed by atoms with van der Waals surface area (Å²) in [6, 6.07) is 29.5. The van der Waals surface area contributed by atoms with Gasteiger partial charge in [0.25, 0.3) is 16.0 Å². The van der Waals surface area contributed by atoms with Gasteiger partial charge >= 0.3 is 0 Å². The van der Waals surface area contributed by atoms with Crippen LogP contribution in [0.2, 0.25) is 0 Å². The van der Waals surface area contributed by atoms with Gasteiger partial charge in [-0.15, -0.1) is 0 Å². The topological polar surface area (TPSA) is 152 Å². The van der Waals surface area contributed by atoms with Crippen LogP contribution in [0.5, 0.6) is 0 Å². The number of aliphatic hydroxyl groups is 1. The second kappa shape index (κ2) is 16.1. The molecule has 0 bridgehead atoms. The largest absolute Gasteiger partial charge is 0.396 e. The Morgan fingerprint density at radius 1 is 0.667 bits per heavy atom. The Balaban J connectivity index is 0.000000126. The van der Waals surface area contributed by atoms with Crippen LogP contribution in [0.3, 0.4) is 0 Å². The predicted octanol–water partition coefficient (Wildman–Crippen LogP) is 3.71. The van der Waals surface area contributed by atoms with Gasteiger partial charge in [0.2, 0.25) is 11.8 Å². The van der Waals surface area contributed by atoms with Crippen LogP contribution in [0.15, 0.2) is 103 Å². The highest BCUT2D eigenvalue weighted by Crippen LogP contribution is 2.41. The average molecular weight is 760 g/mol. The van der Waals surface area contributed by atoms with Crippen LogP contribution < -0.4 is 0 Å². The highest BCUT2D eigenvalue weighted by molar-refractivity contribution is 7.85. The number of ether oxygens (including phenoxy) is 3. The van der Waals surface area contributed by atoms with E-state index in [-0.39, 0.29) is 73.7 Å². The van der Waals surface area contributed by atoms with E-state index in [0.717, 1.165) is 29.4 Å². The third-order valence-corrected chi connectivity index (χ3v) is 11.1. The molecule has 13 nitrogen and oxygen atoms in total. The van der Waals surface area contributed by atoms with Crippen LogP contribution in [0.25, 0.3) is 0 Å². The fourth-order valence-corrected chi connectivity index (χ4v) is 8.41. The highest BCUT2D eigenvalue weighted by Gasteiger charge is 2.49. The lowest BCUT2D eigenvalue weighted by Crippen LogP contribution is -2.33. The molecule has 3 amide bonds. The van der Waals surface area contributed by atoms with E-state index >= 15 is 0 Å². The van der Waals surface area contributed by atoms with Crippen molar-refractivity contribution in [3.8, 4) is 0 Å². The monoisotopic (exact) mass is 759 g/mol. The van der Waals surface area contributed by atoms with Gasteiger partial charge < -0.3 is 34.0 Å². The molecule has 54 heavy (non-hydrogen) atoms. The molecule has 6 saturated heterocycles. The van der Waals surface area contributed by atoms with Crippen molar-refractivity contribution < 1.29 is 46.3 Å². The van der Waals surface area contributed by atoms with Crippen LogP contribution in [-0.2, 0) is 42.9 Å². The maximum absolute atomic E-state index is 12.5. The summed E-state index contributed by atoms with van der Waals surface area (Å²) in [4.78, 5) is 41.8. The van der Waals surface area contributed by atoms with E-state index in [0.29, 0.717) is 38.2 Å². The molecule has 14 heteroatoms. The molecule has 3 aromatic rings. The quantitative estimate of drug-likeness (QED) is 0.279. The van der Waals surface area contributed by atoms with Crippen molar-refractivity contribution in [1.29, 1.82) is 0 Å². The van der Waals surface area contributed by atoms with Gasteiger partial charge in [-0.05, 0) is 12.8 Å². The summed E-state index contributed by atoms with van der Waals surface area (Å²) in [6.07, 6.45) is 2.12. The standard InChI is InChI=1S/C14H17NO5S.C13H15NO3.C13H13NO2/c1-21(17,18)20-8-11-7-12-9-19-14(15(12)13(11)16)10-5-3-2-4-6-10;15-7-10-6-11-8-17-13(14(11)12(10)16)9-4-2-1-3-5-9;1-9-7-11-8-16-13(14(11)12(9)15)10-5-3-2-4-6-10/h2-6,11-12,14H,7-9H2,1H3;1-5,10-11,13,15H,6-8H2;2-6,11,13H,1,7-8H2/t11?,12-,14+;10?,11-,13+;11-,13+/m000/s1. The minimum absolute atomic E-state index is 0.00383. The first-order valence-corrected chi connectivity index (χ1v) is 20.0. The maximum atomic E-state index is 12.5. The van der Waals surface area contributed by atoms with Crippen LogP contribution >= 0.6 is 0 Å². The third kappa shape index (κ3) is 7.86. The zero-order valence-corrected chi connectivity index (χ0v) is 30.8. The predicted molar refractivity (Wildman–Crippen MR) is 195 cm³/mol. The SMILES string of the molecule is C=C1C[C@H]2CO[C@H](c3ccccc3)N2C1=O.CS(=O)(=O)OCC1C[C@H]2CO[C@H](c3ccccc3)N2C1=O.O=C1C(CO)C[C@H]2CO[C@H](c3ccccc3)N12. The Labute approximate surface area is 315 Å². The summed E-state index contributed by atoms with van der Waals surface area (Å²) in [7, 11) is -3.53. The fourth-order valence-electron chi connectivity index (χ4n) is 8.00. The third-order valence-electron chi connectivity index (χ3n) is 10.6. The second-order valence-electron chi connectivity index (χ2n) is 14.3. The summed E-state index contributed by atoms with van der Waals surface area (Å²) in [6.45, 7) is 5.31. The van der Waals surface area contributed by atoms with E-state index in [2.05, 4.69) is 6.58 Å². The molecular formula is C40H45N3O10S. The van der Waals surface area contributed by atoms with Gasteiger partial charge in [-0.1, -0.05) is 97.6 Å². The molecule has 6 heterocycles. The molecule has 2 unspecified atom stereocenters. The molecule has 0 aliphatic carbocycles. The van der Waals surface area contributed by atoms with E-state index in [1.807, 2.05) is 95.9 Å². The summed E-state index contributed by atoms with van der Waals surface area (Å²) < 4.78 is 44.0. The lowest BCUT2D eigenvalue weighted by molar-refractivity contribution is -0.139. The number of aliphatic hydroxyl groups excluding tert-OH is 1. The summed E-state index contributed by atoms with van der Waals surface area (Å²) >= 11 is 0. The number of carbonyl (C=O) groups is 3. The van der Waals surface area contributed by atoms with Crippen molar-refractivity contribution in [3.05, 3.63) is 120 Å². The average Bonchev–Trinajstić information content (AvgIpc) is 4.03. The minimum atomic E-state index is -3.53. The number of carbonyl (C=O) groups excluding carboxylic acids is 3. The Morgan fingerprint density at radius 2 is 1.07 bits per heavy atom. The molecule has 0 aromatic heterocycles. The van der Waals surface area contributed by atoms with E-state index in [1.165, 1.54) is 0 Å². The van der Waals surface area contributed by atoms with Gasteiger partial charge in [-0.2, -0.15) is 8.42 Å². The van der Waals surface area contributed by atoms with E-state index < -0.39 is 16.0 Å². The number of nitrogens with zero attached hydrogens (tertiary/aromatic N) is 3. The number of hydrogen-bond acceptors (Lipinski definition) is 10. The Hall–Kier alpha value is -4.44. The van der Waals surface area contributed by atoms with Gasteiger partial charge in [0.15, 0.2) is 18.7 Å². The van der Waals surface area contributed by atoms with Crippen LogP contribution in [0.1, 0.15) is 54.6 Å². The second-order valence-corrected chi connectivity index (χ2v) is 15.9. The molecule has 6 aliphatic heterocycles. The Morgan fingerprint density at radius 3 is 1.52 bits per heavy atom. The Bertz CT molecular complexity index is 1930. The van der Waals surface area contributed by atoms with Crippen molar-refractivity contribution >= 4 is 27.8 Å². The molecule has 0 saturated carbocycles. The van der Waals surface area contributed by atoms with Gasteiger partial charge in [0, 0.05) is 28.7 Å². The molecule has 286 valence electrons. The van der Waals surface area contributed by atoms with Gasteiger partial charge in [-0.25, -0.2) is 0 Å². The molecule has 0 spiro atoms. The molecule has 9 rings (SSSR count). The molecule has 0 radical (unpaired) electrons. The number of benzene rings is 3. The number of amides is 3. The summed E-state index contributed by atoms with van der Waals surface area (Å²) in [5.41, 5.74) is 3.67. The van der Waals surface area contributed by atoms with Gasteiger partial charge in [0.05, 0.1) is 69.3 Å². The Kier molecular flexibility index (Phi) is 11.3. The van der Waals surface area contributed by atoms with E-state index in [4.69, 9.17) is 23.5 Å². The summed E-state index contributed by atoms with van der Waals surface area (Å²) in [5.74, 6) is -0.704. The van der Waals surface area contributed by atoms with E-state index in [1.54, 1.807) is 9.80 Å².